The maximum absolute atomic E-state index is 12.1. The molecule has 25 heavy (non-hydrogen) atoms. The van der Waals surface area contributed by atoms with Gasteiger partial charge in [-0.05, 0) is 35.7 Å². The number of benzene rings is 2. The van der Waals surface area contributed by atoms with E-state index in [0.717, 1.165) is 42.1 Å². The number of hydrogen-bond donors (Lipinski definition) is 2. The average Bonchev–Trinajstić information content (AvgIpc) is 2.61. The van der Waals surface area contributed by atoms with Crippen LogP contribution in [0.5, 0.6) is 0 Å². The van der Waals surface area contributed by atoms with Gasteiger partial charge in [-0.2, -0.15) is 0 Å². The van der Waals surface area contributed by atoms with E-state index in [2.05, 4.69) is 16.7 Å². The van der Waals surface area contributed by atoms with Crippen molar-refractivity contribution >= 4 is 28.4 Å². The molecular weight excluding hydrogens is 314 g/mol. The van der Waals surface area contributed by atoms with E-state index < -0.39 is 0 Å². The summed E-state index contributed by atoms with van der Waals surface area (Å²) < 4.78 is 0. The normalized spacial score (nSPS) is 14.9. The van der Waals surface area contributed by atoms with Crippen LogP contribution in [0, 0.1) is 0 Å². The quantitative estimate of drug-likeness (QED) is 0.897. The van der Waals surface area contributed by atoms with Crippen LogP contribution in [-0.2, 0) is 4.79 Å². The predicted molar refractivity (Wildman–Crippen MR) is 101 cm³/mol. The molecule has 3 amide bonds. The Kier molecular flexibility index (Phi) is 5.53. The highest BCUT2D eigenvalue weighted by molar-refractivity contribution is 5.96. The number of amides is 3. The molecule has 2 aromatic carbocycles. The van der Waals surface area contributed by atoms with Crippen molar-refractivity contribution in [2.45, 2.75) is 38.1 Å². The summed E-state index contributed by atoms with van der Waals surface area (Å²) in [6.45, 7) is 0.135. The van der Waals surface area contributed by atoms with Crippen LogP contribution < -0.4 is 15.5 Å². The third-order valence-electron chi connectivity index (χ3n) is 4.75. The predicted octanol–water partition coefficient (Wildman–Crippen LogP) is 3.43. The van der Waals surface area contributed by atoms with Gasteiger partial charge in [0.05, 0.1) is 6.54 Å². The van der Waals surface area contributed by atoms with Crippen LogP contribution in [0.3, 0.4) is 0 Å². The van der Waals surface area contributed by atoms with Gasteiger partial charge in [-0.1, -0.05) is 49.6 Å². The number of carbonyl (C=O) groups excluding carboxylic acids is 2. The summed E-state index contributed by atoms with van der Waals surface area (Å²) >= 11 is 0. The van der Waals surface area contributed by atoms with Crippen molar-refractivity contribution in [3.8, 4) is 0 Å². The fourth-order valence-corrected chi connectivity index (χ4v) is 3.36. The van der Waals surface area contributed by atoms with Crippen LogP contribution in [0.4, 0.5) is 10.5 Å². The zero-order valence-corrected chi connectivity index (χ0v) is 14.6. The van der Waals surface area contributed by atoms with Crippen LogP contribution in [0.1, 0.15) is 32.1 Å². The second-order valence-electron chi connectivity index (χ2n) is 6.74. The molecule has 0 bridgehead atoms. The molecule has 0 aromatic heterocycles. The number of rotatable bonds is 4. The van der Waals surface area contributed by atoms with Crippen molar-refractivity contribution in [1.29, 1.82) is 0 Å². The summed E-state index contributed by atoms with van der Waals surface area (Å²) in [5, 5.41) is 7.62. The molecule has 1 aliphatic carbocycles. The van der Waals surface area contributed by atoms with E-state index in [1.807, 2.05) is 48.3 Å². The number of carbonyl (C=O) groups is 2. The van der Waals surface area contributed by atoms with Crippen LogP contribution in [0.2, 0.25) is 0 Å². The molecule has 3 rings (SSSR count). The number of likely N-dealkylation sites (N-methyl/N-ethyl adjacent to an activating group) is 1. The summed E-state index contributed by atoms with van der Waals surface area (Å²) in [5.74, 6) is -0.302. The first kappa shape index (κ1) is 17.3. The number of urea groups is 1. The first-order chi connectivity index (χ1) is 12.1. The highest BCUT2D eigenvalue weighted by Gasteiger charge is 2.17. The van der Waals surface area contributed by atoms with Gasteiger partial charge >= 0.3 is 6.03 Å². The van der Waals surface area contributed by atoms with Crippen LogP contribution in [-0.4, -0.2) is 31.6 Å². The van der Waals surface area contributed by atoms with E-state index in [1.165, 1.54) is 6.42 Å². The fraction of sp³-hybridized carbons (Fsp3) is 0.400. The van der Waals surface area contributed by atoms with E-state index in [9.17, 15) is 9.59 Å². The second-order valence-corrected chi connectivity index (χ2v) is 6.74. The summed E-state index contributed by atoms with van der Waals surface area (Å²) in [7, 11) is 1.85. The van der Waals surface area contributed by atoms with Crippen molar-refractivity contribution in [3.63, 3.8) is 0 Å². The summed E-state index contributed by atoms with van der Waals surface area (Å²) in [5.41, 5.74) is 0.946. The molecule has 1 saturated carbocycles. The molecule has 1 aliphatic rings. The molecular formula is C20H25N3O2. The number of hydrogen-bond acceptors (Lipinski definition) is 3. The summed E-state index contributed by atoms with van der Waals surface area (Å²) in [6.07, 6.45) is 5.51. The van der Waals surface area contributed by atoms with Crippen LogP contribution in [0.15, 0.2) is 42.5 Å². The summed E-state index contributed by atoms with van der Waals surface area (Å²) in [4.78, 5) is 25.9. The smallest absolute Gasteiger partial charge is 0.321 e. The molecule has 5 heteroatoms. The third kappa shape index (κ3) is 4.72. The molecule has 0 unspecified atom stereocenters. The van der Waals surface area contributed by atoms with E-state index in [4.69, 9.17) is 0 Å². The Morgan fingerprint density at radius 2 is 1.76 bits per heavy atom. The van der Waals surface area contributed by atoms with Gasteiger partial charge in [-0.15, -0.1) is 0 Å². The van der Waals surface area contributed by atoms with Gasteiger partial charge in [0, 0.05) is 18.8 Å². The Bertz CT molecular complexity index is 753. The Balaban J connectivity index is 1.53. The fourth-order valence-electron chi connectivity index (χ4n) is 3.36. The van der Waals surface area contributed by atoms with Crippen molar-refractivity contribution in [1.82, 2.24) is 10.6 Å². The molecule has 0 atom stereocenters. The molecule has 0 saturated heterocycles. The zero-order valence-electron chi connectivity index (χ0n) is 14.6. The number of nitrogens with one attached hydrogen (secondary N) is 2. The number of fused-ring (bicyclic) bond motifs is 1. The lowest BCUT2D eigenvalue weighted by molar-refractivity contribution is -0.118. The van der Waals surface area contributed by atoms with Gasteiger partial charge in [0.2, 0.25) is 5.91 Å². The van der Waals surface area contributed by atoms with Crippen molar-refractivity contribution in [2.75, 3.05) is 18.5 Å². The molecule has 0 heterocycles. The summed E-state index contributed by atoms with van der Waals surface area (Å²) in [6, 6.07) is 14.0. The molecule has 5 nitrogen and oxygen atoms in total. The van der Waals surface area contributed by atoms with E-state index in [0.29, 0.717) is 0 Å². The molecule has 0 radical (unpaired) electrons. The highest BCUT2D eigenvalue weighted by atomic mass is 16.2. The zero-order chi connectivity index (χ0) is 17.6. The Morgan fingerprint density at radius 3 is 2.52 bits per heavy atom. The molecule has 0 aliphatic heterocycles. The van der Waals surface area contributed by atoms with E-state index in [1.54, 1.807) is 0 Å². The average molecular weight is 339 g/mol. The maximum Gasteiger partial charge on any atom is 0.321 e. The minimum Gasteiger partial charge on any atom is -0.365 e. The minimum atomic E-state index is -0.385. The lowest BCUT2D eigenvalue weighted by atomic mass is 9.96. The maximum atomic E-state index is 12.1. The topological polar surface area (TPSA) is 61.4 Å². The molecule has 2 N–H and O–H groups in total. The van der Waals surface area contributed by atoms with Gasteiger partial charge in [0.1, 0.15) is 0 Å². The standard InChI is InChI=1S/C20H25N3O2/c1-23(18-12-11-15-7-5-6-8-16(15)13-18)14-19(24)22-20(25)21-17-9-3-2-4-10-17/h5-8,11-13,17H,2-4,9-10,14H2,1H3,(H2,21,22,24,25). The number of nitrogens with zero attached hydrogens (tertiary/aromatic N) is 1. The highest BCUT2D eigenvalue weighted by Crippen LogP contribution is 2.21. The SMILES string of the molecule is CN(CC(=O)NC(=O)NC1CCCCC1)c1ccc2ccccc2c1. The van der Waals surface area contributed by atoms with Gasteiger partial charge in [-0.3, -0.25) is 10.1 Å². The largest absolute Gasteiger partial charge is 0.365 e. The molecule has 1 fully saturated rings. The lowest BCUT2D eigenvalue weighted by Crippen LogP contribution is -2.47. The van der Waals surface area contributed by atoms with Gasteiger partial charge < -0.3 is 10.2 Å². The van der Waals surface area contributed by atoms with E-state index >= 15 is 0 Å². The van der Waals surface area contributed by atoms with Gasteiger partial charge in [0.15, 0.2) is 0 Å². The Morgan fingerprint density at radius 1 is 1.04 bits per heavy atom. The lowest BCUT2D eigenvalue weighted by Gasteiger charge is -2.23. The van der Waals surface area contributed by atoms with Gasteiger partial charge in [-0.25, -0.2) is 4.79 Å². The molecule has 0 spiro atoms. The number of anilines is 1. The van der Waals surface area contributed by atoms with Crippen LogP contribution in [0.25, 0.3) is 10.8 Å². The van der Waals surface area contributed by atoms with Crippen molar-refractivity contribution in [2.24, 2.45) is 0 Å². The first-order valence-electron chi connectivity index (χ1n) is 8.92. The Labute approximate surface area is 148 Å². The second kappa shape index (κ2) is 8.01. The number of imide groups is 1. The third-order valence-corrected chi connectivity index (χ3v) is 4.75. The molecule has 132 valence electrons. The van der Waals surface area contributed by atoms with Crippen molar-refractivity contribution < 1.29 is 9.59 Å². The minimum absolute atomic E-state index is 0.135. The molecule has 2 aromatic rings. The first-order valence-corrected chi connectivity index (χ1v) is 8.92. The van der Waals surface area contributed by atoms with Crippen LogP contribution >= 0.6 is 0 Å². The Hall–Kier alpha value is -2.56. The van der Waals surface area contributed by atoms with Crippen molar-refractivity contribution in [3.05, 3.63) is 42.5 Å². The van der Waals surface area contributed by atoms with Gasteiger partial charge in [0.25, 0.3) is 0 Å². The van der Waals surface area contributed by atoms with E-state index in [-0.39, 0.29) is 24.5 Å². The monoisotopic (exact) mass is 339 g/mol.